The number of esters is 3. The largest absolute Gasteiger partial charge is 0.514 e. The fourth-order valence-electron chi connectivity index (χ4n) is 4.08. The minimum Gasteiger partial charge on any atom is -0.493 e. The average molecular weight is 690 g/mol. The summed E-state index contributed by atoms with van der Waals surface area (Å²) in [4.78, 5) is 68.8. The van der Waals surface area contributed by atoms with Crippen molar-refractivity contribution in [3.05, 3.63) is 53.9 Å². The number of alkyl halides is 3. The lowest BCUT2D eigenvalue weighted by Crippen LogP contribution is -2.47. The van der Waals surface area contributed by atoms with E-state index in [0.717, 1.165) is 5.56 Å². The van der Waals surface area contributed by atoms with Crippen LogP contribution in [0, 0.1) is 11.8 Å². The molecule has 1 aliphatic rings. The molecule has 2 heterocycles. The molecule has 0 bridgehead atoms. The van der Waals surface area contributed by atoms with Gasteiger partial charge in [0.15, 0.2) is 23.6 Å². The second kappa shape index (κ2) is 16.0. The van der Waals surface area contributed by atoms with Crippen LogP contribution in [0.4, 0.5) is 4.79 Å². The van der Waals surface area contributed by atoms with E-state index in [2.05, 4.69) is 10.3 Å². The Balaban J connectivity index is 1.87. The lowest BCUT2D eigenvalue weighted by molar-refractivity contribution is -0.176. The van der Waals surface area contributed by atoms with Crippen LogP contribution in [0.1, 0.15) is 36.8 Å². The van der Waals surface area contributed by atoms with Crippen LogP contribution in [0.25, 0.3) is 0 Å². The number of nitrogens with zero attached hydrogens (tertiary/aromatic N) is 1. The fourth-order valence-corrected chi connectivity index (χ4v) is 4.25. The number of hydrogen-bond acceptors (Lipinski definition) is 12. The minimum absolute atomic E-state index is 0.100. The maximum absolute atomic E-state index is 13.4. The van der Waals surface area contributed by atoms with Crippen LogP contribution in [0.5, 0.6) is 11.5 Å². The maximum Gasteiger partial charge on any atom is 0.514 e. The summed E-state index contributed by atoms with van der Waals surface area (Å²) in [6, 6.07) is 8.69. The third-order valence-corrected chi connectivity index (χ3v) is 6.64. The molecule has 1 N–H and O–H groups in total. The Morgan fingerprint density at radius 3 is 2.40 bits per heavy atom. The molecule has 16 heteroatoms. The molecule has 0 radical (unpaired) electrons. The Bertz CT molecular complexity index is 1390. The van der Waals surface area contributed by atoms with Crippen LogP contribution in [-0.2, 0) is 39.8 Å². The lowest BCUT2D eigenvalue weighted by atomic mass is 9.91. The number of ether oxygens (including phenoxy) is 6. The van der Waals surface area contributed by atoms with Crippen molar-refractivity contribution in [1.82, 2.24) is 10.3 Å². The summed E-state index contributed by atoms with van der Waals surface area (Å²) in [5, 5.41) is 2.37. The normalized spacial score (nSPS) is 20.4. The molecule has 0 unspecified atom stereocenters. The van der Waals surface area contributed by atoms with Crippen molar-refractivity contribution in [2.24, 2.45) is 11.8 Å². The first kappa shape index (κ1) is 35.7. The van der Waals surface area contributed by atoms with Gasteiger partial charge >= 0.3 is 24.1 Å². The van der Waals surface area contributed by atoms with Crippen molar-refractivity contribution in [2.75, 3.05) is 20.3 Å². The van der Waals surface area contributed by atoms with E-state index in [1.165, 1.54) is 26.3 Å². The smallest absolute Gasteiger partial charge is 0.493 e. The summed E-state index contributed by atoms with van der Waals surface area (Å²) in [7, 11) is 1.24. The van der Waals surface area contributed by atoms with Crippen LogP contribution in [0.2, 0.25) is 0 Å². The minimum atomic E-state index is -1.93. The Labute approximate surface area is 273 Å². The van der Waals surface area contributed by atoms with Gasteiger partial charge in [0.1, 0.15) is 25.2 Å². The molecule has 2 aromatic rings. The third kappa shape index (κ3) is 10.4. The number of rotatable bonds is 9. The van der Waals surface area contributed by atoms with Gasteiger partial charge in [-0.3, -0.25) is 14.4 Å². The quantitative estimate of drug-likeness (QED) is 0.229. The summed E-state index contributed by atoms with van der Waals surface area (Å²) in [5.41, 5.74) is 0.245. The zero-order chi connectivity index (χ0) is 33.3. The molecule has 13 nitrogen and oxygen atoms in total. The van der Waals surface area contributed by atoms with Crippen LogP contribution < -0.4 is 14.8 Å². The highest BCUT2D eigenvalue weighted by Crippen LogP contribution is 2.31. The average Bonchev–Trinajstić information content (AvgIpc) is 3.02. The van der Waals surface area contributed by atoms with Crippen LogP contribution >= 0.6 is 34.8 Å². The molecule has 1 fully saturated rings. The number of aromatic nitrogens is 1. The molecule has 244 valence electrons. The molecule has 1 amide bonds. The number of benzene rings is 1. The van der Waals surface area contributed by atoms with Gasteiger partial charge in [-0.15, -0.1) is 0 Å². The number of methoxy groups -OCH3 is 1. The van der Waals surface area contributed by atoms with Crippen molar-refractivity contribution in [3.63, 3.8) is 0 Å². The third-order valence-electron chi connectivity index (χ3n) is 6.31. The number of carbonyl (C=O) groups excluding carboxylic acids is 5. The first-order valence-electron chi connectivity index (χ1n) is 13.6. The van der Waals surface area contributed by atoms with Gasteiger partial charge in [0.05, 0.1) is 13.0 Å². The van der Waals surface area contributed by atoms with E-state index in [9.17, 15) is 24.0 Å². The number of nitrogens with one attached hydrogen (secondary N) is 1. The molecular formula is C29H31Cl3N2O11. The predicted molar refractivity (Wildman–Crippen MR) is 159 cm³/mol. The number of amides is 1. The number of cyclic esters (lactones) is 2. The molecule has 1 aromatic heterocycles. The Morgan fingerprint density at radius 1 is 1.09 bits per heavy atom. The van der Waals surface area contributed by atoms with Gasteiger partial charge in [-0.1, -0.05) is 79.0 Å². The van der Waals surface area contributed by atoms with Gasteiger partial charge in [-0.2, -0.15) is 0 Å². The maximum atomic E-state index is 13.4. The van der Waals surface area contributed by atoms with Crippen molar-refractivity contribution in [1.29, 1.82) is 0 Å². The van der Waals surface area contributed by atoms with Crippen molar-refractivity contribution in [2.45, 2.75) is 49.2 Å². The lowest BCUT2D eigenvalue weighted by Gasteiger charge is -2.29. The van der Waals surface area contributed by atoms with Crippen LogP contribution in [0.3, 0.4) is 0 Å². The van der Waals surface area contributed by atoms with Crippen molar-refractivity contribution in [3.8, 4) is 11.5 Å². The fraction of sp³-hybridized carbons (Fsp3) is 0.448. The van der Waals surface area contributed by atoms with E-state index in [1.807, 2.05) is 0 Å². The second-order valence-corrected chi connectivity index (χ2v) is 12.6. The highest BCUT2D eigenvalue weighted by atomic mass is 35.6. The number of hydrogen-bond donors (Lipinski definition) is 1. The van der Waals surface area contributed by atoms with Gasteiger partial charge in [0.2, 0.25) is 9.54 Å². The number of carbonyl (C=O) groups is 5. The molecule has 1 saturated heterocycles. The Kier molecular flexibility index (Phi) is 12.6. The van der Waals surface area contributed by atoms with Crippen molar-refractivity contribution < 1.29 is 52.4 Å². The molecule has 0 aliphatic carbocycles. The predicted octanol–water partition coefficient (Wildman–Crippen LogP) is 3.99. The first-order chi connectivity index (χ1) is 21.2. The van der Waals surface area contributed by atoms with E-state index >= 15 is 0 Å². The summed E-state index contributed by atoms with van der Waals surface area (Å²) < 4.78 is 29.8. The van der Waals surface area contributed by atoms with E-state index in [-0.39, 0.29) is 12.2 Å². The molecule has 45 heavy (non-hydrogen) atoms. The van der Waals surface area contributed by atoms with Gasteiger partial charge in [0.25, 0.3) is 5.91 Å². The number of halogens is 3. The van der Waals surface area contributed by atoms with Crippen molar-refractivity contribution >= 4 is 64.8 Å². The molecule has 1 aromatic carbocycles. The molecule has 4 atom stereocenters. The highest BCUT2D eigenvalue weighted by molar-refractivity contribution is 6.67. The molecule has 0 spiro atoms. The zero-order valence-corrected chi connectivity index (χ0v) is 26.9. The molecule has 1 aliphatic heterocycles. The standard InChI is InChI=1S/C29H31Cl3N2O11/c1-15(2)25(36)44-22-16(3)43-27(38)19(13-41-26(37)18(22)12-17-8-6-5-7-9-17)34-24(35)21-23(20(40-4)10-11-33-21)45-28(39)42-14-29(30,31)32/h5-11,15-16,18-19,22H,12-14H2,1-4H3,(H,34,35)/t16-,18+,19-,22-/m0/s1. The van der Waals surface area contributed by atoms with Crippen LogP contribution in [-0.4, -0.2) is 77.3 Å². The summed E-state index contributed by atoms with van der Waals surface area (Å²) >= 11 is 16.8. The molecule has 0 saturated carbocycles. The highest BCUT2D eigenvalue weighted by Gasteiger charge is 2.42. The van der Waals surface area contributed by atoms with E-state index in [1.54, 1.807) is 44.2 Å². The first-order valence-corrected chi connectivity index (χ1v) is 14.7. The van der Waals surface area contributed by atoms with Crippen LogP contribution in [0.15, 0.2) is 42.6 Å². The summed E-state index contributed by atoms with van der Waals surface area (Å²) in [5.74, 6) is -5.59. The number of pyridine rings is 1. The zero-order valence-electron chi connectivity index (χ0n) is 24.6. The topological polar surface area (TPSA) is 166 Å². The van der Waals surface area contributed by atoms with Gasteiger partial charge in [-0.05, 0) is 18.9 Å². The van der Waals surface area contributed by atoms with E-state index in [4.69, 9.17) is 63.2 Å². The monoisotopic (exact) mass is 688 g/mol. The van der Waals surface area contributed by atoms with E-state index < -0.39 is 88.5 Å². The summed E-state index contributed by atoms with van der Waals surface area (Å²) in [6.07, 6.45) is -2.39. The Hall–Kier alpha value is -3.81. The van der Waals surface area contributed by atoms with Gasteiger partial charge in [0, 0.05) is 12.3 Å². The molecular weight excluding hydrogens is 659 g/mol. The molecule has 3 rings (SSSR count). The SMILES string of the molecule is COc1ccnc(C(=O)N[C@H]2COC(=O)[C@H](Cc3ccccc3)[C@@H](OC(=O)C(C)C)[C@H](C)OC2=O)c1OC(=O)OCC(Cl)(Cl)Cl. The van der Waals surface area contributed by atoms with Gasteiger partial charge in [-0.25, -0.2) is 14.6 Å². The van der Waals surface area contributed by atoms with Gasteiger partial charge < -0.3 is 33.7 Å². The second-order valence-electron chi connectivity index (χ2n) is 10.1. The summed E-state index contributed by atoms with van der Waals surface area (Å²) in [6.45, 7) is 3.39. The Morgan fingerprint density at radius 2 is 1.78 bits per heavy atom. The van der Waals surface area contributed by atoms with E-state index in [0.29, 0.717) is 0 Å².